The van der Waals surface area contributed by atoms with Crippen LogP contribution in [0.15, 0.2) is 44.7 Å². The van der Waals surface area contributed by atoms with E-state index in [0.29, 0.717) is 30.3 Å². The van der Waals surface area contributed by atoms with Gasteiger partial charge in [0.05, 0.1) is 12.7 Å². The summed E-state index contributed by atoms with van der Waals surface area (Å²) in [5, 5.41) is 7.74. The fourth-order valence-corrected chi connectivity index (χ4v) is 3.90. The number of likely N-dealkylation sites (tertiary alicyclic amines) is 1. The molecule has 2 heterocycles. The third-order valence-corrected chi connectivity index (χ3v) is 5.91. The zero-order valence-electron chi connectivity index (χ0n) is 18.8. The van der Waals surface area contributed by atoms with Crippen LogP contribution >= 0.6 is 27.5 Å². The number of amides is 1. The molecule has 33 heavy (non-hydrogen) atoms. The van der Waals surface area contributed by atoms with Gasteiger partial charge in [-0.05, 0) is 67.2 Å². The van der Waals surface area contributed by atoms with Crippen LogP contribution in [0.3, 0.4) is 0 Å². The Morgan fingerprint density at radius 1 is 1.36 bits per heavy atom. The highest BCUT2D eigenvalue weighted by Crippen LogP contribution is 2.21. The first kappa shape index (κ1) is 25.0. The lowest BCUT2D eigenvalue weighted by Crippen LogP contribution is -2.52. The van der Waals surface area contributed by atoms with Crippen LogP contribution in [0.4, 0.5) is 10.5 Å². The summed E-state index contributed by atoms with van der Waals surface area (Å²) < 4.78 is 6.94. The van der Waals surface area contributed by atoms with Crippen LogP contribution in [0, 0.1) is 0 Å². The minimum absolute atomic E-state index is 0.115. The molecule has 0 spiro atoms. The van der Waals surface area contributed by atoms with E-state index < -0.39 is 11.7 Å². The van der Waals surface area contributed by atoms with Crippen LogP contribution < -0.4 is 16.6 Å². The summed E-state index contributed by atoms with van der Waals surface area (Å²) in [7, 11) is 0. The second kappa shape index (κ2) is 10.6. The third-order valence-electron chi connectivity index (χ3n) is 4.91. The highest BCUT2D eigenvalue weighted by Gasteiger charge is 2.25. The summed E-state index contributed by atoms with van der Waals surface area (Å²) >= 11 is 9.25. The number of ether oxygens (including phenoxy) is 1. The zero-order chi connectivity index (χ0) is 24.2. The number of alkyl carbamates (subject to hydrolysis) is 1. The summed E-state index contributed by atoms with van der Waals surface area (Å²) in [6, 6.07) is 7.09. The van der Waals surface area contributed by atoms with Crippen LogP contribution in [0.25, 0.3) is 0 Å². The van der Waals surface area contributed by atoms with Crippen LogP contribution in [0.1, 0.15) is 39.2 Å². The summed E-state index contributed by atoms with van der Waals surface area (Å²) in [5.74, 6) is 0.253. The van der Waals surface area contributed by atoms with Gasteiger partial charge in [-0.15, -0.1) is 0 Å². The number of piperidine rings is 1. The summed E-state index contributed by atoms with van der Waals surface area (Å²) in [5.41, 5.74) is 6.59. The minimum atomic E-state index is -0.564. The van der Waals surface area contributed by atoms with Crippen molar-refractivity contribution >= 4 is 45.3 Å². The van der Waals surface area contributed by atoms with Gasteiger partial charge in [-0.2, -0.15) is 5.10 Å². The molecule has 0 radical (unpaired) electrons. The van der Waals surface area contributed by atoms with Crippen molar-refractivity contribution < 1.29 is 9.53 Å². The van der Waals surface area contributed by atoms with E-state index in [2.05, 4.69) is 31.3 Å². The Morgan fingerprint density at radius 3 is 2.73 bits per heavy atom. The van der Waals surface area contributed by atoms with Gasteiger partial charge in [-0.25, -0.2) is 14.5 Å². The molecule has 1 fully saturated rings. The lowest BCUT2D eigenvalue weighted by atomic mass is 10.1. The third kappa shape index (κ3) is 7.20. The standard InChI is InChI=1S/C22H28BrClN6O3/c1-22(2,3)33-21(32)27-16-5-4-10-29(13-16)20(25)28-17-11-26-30(19(31)18(17)23)12-14-6-8-15(24)9-7-14/h6-9,11,16H,4-5,10,12-13H2,1-3H3,(H2,25,28)(H,27,32). The normalized spacial score (nSPS) is 17.1. The number of benzene rings is 1. The summed E-state index contributed by atoms with van der Waals surface area (Å²) in [4.78, 5) is 31.1. The van der Waals surface area contributed by atoms with Gasteiger partial charge in [0.25, 0.3) is 5.56 Å². The van der Waals surface area contributed by atoms with Crippen LogP contribution in [0.5, 0.6) is 0 Å². The predicted octanol–water partition coefficient (Wildman–Crippen LogP) is 3.64. The maximum absolute atomic E-state index is 12.7. The summed E-state index contributed by atoms with van der Waals surface area (Å²) in [6.45, 7) is 6.95. The molecule has 1 aromatic carbocycles. The van der Waals surface area contributed by atoms with Crippen molar-refractivity contribution in [2.24, 2.45) is 10.7 Å². The van der Waals surface area contributed by atoms with Gasteiger partial charge in [-0.3, -0.25) is 4.79 Å². The van der Waals surface area contributed by atoms with E-state index in [1.807, 2.05) is 37.8 Å². The predicted molar refractivity (Wildman–Crippen MR) is 132 cm³/mol. The first-order valence-corrected chi connectivity index (χ1v) is 11.8. The number of rotatable bonds is 4. The second-order valence-electron chi connectivity index (χ2n) is 8.83. The molecule has 1 amide bonds. The molecule has 1 atom stereocenters. The molecule has 1 aliphatic rings. The number of nitrogens with two attached hydrogens (primary N) is 1. The van der Waals surface area contributed by atoms with Crippen LogP contribution in [0.2, 0.25) is 5.02 Å². The van der Waals surface area contributed by atoms with Gasteiger partial charge in [-0.1, -0.05) is 23.7 Å². The number of carbonyl (C=O) groups excluding carboxylic acids is 1. The lowest BCUT2D eigenvalue weighted by molar-refractivity contribution is 0.0485. The highest BCUT2D eigenvalue weighted by molar-refractivity contribution is 9.10. The Labute approximate surface area is 206 Å². The number of hydrogen-bond acceptors (Lipinski definition) is 5. The highest BCUT2D eigenvalue weighted by atomic mass is 79.9. The van der Waals surface area contributed by atoms with E-state index in [1.54, 1.807) is 12.1 Å². The molecule has 2 aromatic rings. The number of nitrogens with one attached hydrogen (secondary N) is 1. The first-order chi connectivity index (χ1) is 15.5. The molecule has 3 rings (SSSR count). The van der Waals surface area contributed by atoms with Crippen molar-refractivity contribution in [3.63, 3.8) is 0 Å². The average Bonchev–Trinajstić information content (AvgIpc) is 2.73. The SMILES string of the molecule is CC(C)(C)OC(=O)NC1CCCN(C(N)=Nc2cnn(Cc3ccc(Cl)cc3)c(=O)c2Br)C1. The molecular weight excluding hydrogens is 512 g/mol. The van der Waals surface area contributed by atoms with Crippen LogP contribution in [-0.2, 0) is 11.3 Å². The maximum atomic E-state index is 12.7. The Hall–Kier alpha value is -2.59. The number of carbonyl (C=O) groups is 1. The van der Waals surface area contributed by atoms with Crippen molar-refractivity contribution in [1.82, 2.24) is 20.0 Å². The quantitative estimate of drug-likeness (QED) is 0.453. The van der Waals surface area contributed by atoms with Crippen molar-refractivity contribution in [2.75, 3.05) is 13.1 Å². The molecular formula is C22H28BrClN6O3. The van der Waals surface area contributed by atoms with Gasteiger partial charge in [0, 0.05) is 24.2 Å². The van der Waals surface area contributed by atoms with E-state index in [1.165, 1.54) is 10.9 Å². The molecule has 1 saturated heterocycles. The smallest absolute Gasteiger partial charge is 0.407 e. The molecule has 1 aliphatic heterocycles. The molecule has 9 nitrogen and oxygen atoms in total. The molecule has 0 aliphatic carbocycles. The minimum Gasteiger partial charge on any atom is -0.444 e. The lowest BCUT2D eigenvalue weighted by Gasteiger charge is -2.34. The maximum Gasteiger partial charge on any atom is 0.407 e. The van der Waals surface area contributed by atoms with Crippen LogP contribution in [-0.4, -0.2) is 51.5 Å². The Kier molecular flexibility index (Phi) is 8.01. The zero-order valence-corrected chi connectivity index (χ0v) is 21.2. The monoisotopic (exact) mass is 538 g/mol. The largest absolute Gasteiger partial charge is 0.444 e. The molecule has 1 unspecified atom stereocenters. The number of aliphatic imine (C=N–C) groups is 1. The Bertz CT molecular complexity index is 1080. The van der Waals surface area contributed by atoms with Crippen molar-refractivity contribution in [2.45, 2.75) is 51.8 Å². The van der Waals surface area contributed by atoms with Gasteiger partial charge in [0.15, 0.2) is 5.96 Å². The summed E-state index contributed by atoms with van der Waals surface area (Å²) in [6.07, 6.45) is 2.68. The molecule has 3 N–H and O–H groups in total. The van der Waals surface area contributed by atoms with Gasteiger partial charge >= 0.3 is 6.09 Å². The van der Waals surface area contributed by atoms with Crippen molar-refractivity contribution in [1.29, 1.82) is 0 Å². The molecule has 178 valence electrons. The van der Waals surface area contributed by atoms with E-state index in [9.17, 15) is 9.59 Å². The van der Waals surface area contributed by atoms with E-state index in [4.69, 9.17) is 22.1 Å². The Morgan fingerprint density at radius 2 is 2.06 bits per heavy atom. The van der Waals surface area contributed by atoms with Crippen molar-refractivity contribution in [3.05, 3.63) is 55.9 Å². The molecule has 11 heteroatoms. The number of hydrogen-bond donors (Lipinski definition) is 2. The van der Waals surface area contributed by atoms with E-state index in [-0.39, 0.29) is 22.0 Å². The molecule has 1 aromatic heterocycles. The number of aromatic nitrogens is 2. The fraction of sp³-hybridized carbons (Fsp3) is 0.455. The second-order valence-corrected chi connectivity index (χ2v) is 10.1. The number of halogens is 2. The fourth-order valence-electron chi connectivity index (χ4n) is 3.38. The first-order valence-electron chi connectivity index (χ1n) is 10.6. The van der Waals surface area contributed by atoms with E-state index in [0.717, 1.165) is 18.4 Å². The van der Waals surface area contributed by atoms with Gasteiger partial charge in [0.1, 0.15) is 15.8 Å². The average molecular weight is 540 g/mol. The number of nitrogens with zero attached hydrogens (tertiary/aromatic N) is 4. The number of guanidine groups is 1. The van der Waals surface area contributed by atoms with Gasteiger partial charge in [0.2, 0.25) is 0 Å². The Balaban J connectivity index is 1.69. The molecule has 0 saturated carbocycles. The van der Waals surface area contributed by atoms with E-state index >= 15 is 0 Å². The molecule has 0 bridgehead atoms. The van der Waals surface area contributed by atoms with Gasteiger partial charge < -0.3 is 20.7 Å². The van der Waals surface area contributed by atoms with Crippen molar-refractivity contribution in [3.8, 4) is 0 Å². The topological polar surface area (TPSA) is 115 Å².